The third-order valence-electron chi connectivity index (χ3n) is 1.22. The molecule has 1 rings (SSSR count). The highest BCUT2D eigenvalue weighted by Gasteiger charge is 1.91. The Hall–Kier alpha value is -0.970. The van der Waals surface area contributed by atoms with Crippen LogP contribution < -0.4 is 10.5 Å². The number of ether oxygens (including phenoxy) is 1. The van der Waals surface area contributed by atoms with Gasteiger partial charge < -0.3 is 15.6 Å². The normalized spacial score (nSPS) is 8.54. The summed E-state index contributed by atoms with van der Waals surface area (Å²) in [5, 5.41) is 8.90. The van der Waals surface area contributed by atoms with E-state index in [2.05, 4.69) is 11.9 Å². The number of nitrogens with two attached hydrogens (primary N) is 1. The molecule has 0 aliphatic heterocycles. The Morgan fingerprint density at radius 3 is 2.23 bits per heavy atom. The van der Waals surface area contributed by atoms with Crippen LogP contribution in [0.2, 0.25) is 0 Å². The third-order valence-corrected chi connectivity index (χ3v) is 1.22. The van der Waals surface area contributed by atoms with Crippen molar-refractivity contribution in [2.24, 2.45) is 5.73 Å². The van der Waals surface area contributed by atoms with Crippen molar-refractivity contribution >= 4 is 11.9 Å². The van der Waals surface area contributed by atoms with E-state index < -0.39 is 0 Å². The third kappa shape index (κ3) is 5.30. The second-order valence-corrected chi connectivity index (χ2v) is 2.13. The average molecular weight is 206 g/mol. The molecule has 5 heteroatoms. The summed E-state index contributed by atoms with van der Waals surface area (Å²) in [6.07, 6.45) is 0. The summed E-state index contributed by atoms with van der Waals surface area (Å²) in [6.45, 7) is 1.01. The minimum Gasteiger partial charge on any atom is -0.508 e. The van der Waals surface area contributed by atoms with Gasteiger partial charge in [-0.25, -0.2) is 0 Å². The highest BCUT2D eigenvalue weighted by molar-refractivity contribution is 6.04. The van der Waals surface area contributed by atoms with Crippen molar-refractivity contribution in [2.75, 3.05) is 13.2 Å². The second kappa shape index (κ2) is 7.67. The molecule has 0 aliphatic carbocycles. The molecule has 4 N–H and O–H groups in total. The first-order valence-corrected chi connectivity index (χ1v) is 3.95. The van der Waals surface area contributed by atoms with Crippen molar-refractivity contribution in [2.45, 2.75) is 0 Å². The van der Waals surface area contributed by atoms with Crippen molar-refractivity contribution in [3.63, 3.8) is 0 Å². The van der Waals surface area contributed by atoms with Gasteiger partial charge in [0.2, 0.25) is 0 Å². The lowest BCUT2D eigenvalue weighted by Crippen LogP contribution is -2.10. The van der Waals surface area contributed by atoms with E-state index in [9.17, 15) is 0 Å². The number of aromatic hydroxyl groups is 1. The number of benzene rings is 1. The molecule has 1 aromatic rings. The summed E-state index contributed by atoms with van der Waals surface area (Å²) >= 11 is 3.64. The minimum atomic E-state index is 0.241. The quantitative estimate of drug-likeness (QED) is 0.684. The van der Waals surface area contributed by atoms with Crippen LogP contribution in [0.15, 0.2) is 24.3 Å². The molecule has 0 bridgehead atoms. The molecular formula is C8H12ClNO3. The molecule has 0 saturated heterocycles. The summed E-state index contributed by atoms with van der Waals surface area (Å²) < 4.78 is 11.6. The number of hydrogen-bond donors (Lipinski definition) is 3. The number of rotatable bonds is 3. The smallest absolute Gasteiger partial charge is 0.119 e. The Bertz CT molecular complexity index is 215. The summed E-state index contributed by atoms with van der Waals surface area (Å²) in [5.41, 5.74) is 5.23. The van der Waals surface area contributed by atoms with E-state index in [-0.39, 0.29) is 5.75 Å². The molecule has 0 saturated carbocycles. The minimum absolute atomic E-state index is 0.241. The number of halogens is 1. The van der Waals surface area contributed by atoms with E-state index in [4.69, 9.17) is 20.2 Å². The molecule has 0 aromatic heterocycles. The monoisotopic (exact) mass is 205 g/mol. The van der Waals surface area contributed by atoms with Crippen LogP contribution in [-0.2, 0) is 0 Å². The zero-order valence-corrected chi connectivity index (χ0v) is 7.74. The Morgan fingerprint density at radius 2 is 1.77 bits per heavy atom. The van der Waals surface area contributed by atoms with Gasteiger partial charge in [0, 0.05) is 6.54 Å². The molecule has 0 amide bonds. The average Bonchev–Trinajstić information content (AvgIpc) is 2.20. The summed E-state index contributed by atoms with van der Waals surface area (Å²) in [6, 6.07) is 6.55. The Balaban J connectivity index is 0.000000671. The van der Waals surface area contributed by atoms with Crippen LogP contribution in [0.4, 0.5) is 0 Å². The Morgan fingerprint density at radius 1 is 1.23 bits per heavy atom. The summed E-state index contributed by atoms with van der Waals surface area (Å²) in [5.74, 6) is 0.971. The highest BCUT2D eigenvalue weighted by Crippen LogP contribution is 2.15. The van der Waals surface area contributed by atoms with Gasteiger partial charge in [-0.3, -0.25) is 4.66 Å². The fourth-order valence-corrected chi connectivity index (χ4v) is 0.719. The standard InChI is InChI=1S/C8H11NO2.ClHO/c9-5-6-11-8-3-1-7(10)2-4-8;1-2/h1-4,10H,5-6,9H2;2H. The van der Waals surface area contributed by atoms with E-state index in [1.807, 2.05) is 0 Å². The molecule has 74 valence electrons. The van der Waals surface area contributed by atoms with Crippen molar-refractivity contribution in [3.05, 3.63) is 24.3 Å². The van der Waals surface area contributed by atoms with Crippen LogP contribution in [0.5, 0.6) is 11.5 Å². The molecule has 0 spiro atoms. The van der Waals surface area contributed by atoms with E-state index >= 15 is 0 Å². The number of phenolic OH excluding ortho intramolecular Hbond substituents is 1. The predicted octanol–water partition coefficient (Wildman–Crippen LogP) is 0.862. The van der Waals surface area contributed by atoms with E-state index in [0.29, 0.717) is 13.2 Å². The molecule has 0 unspecified atom stereocenters. The van der Waals surface area contributed by atoms with Crippen molar-refractivity contribution < 1.29 is 14.5 Å². The van der Waals surface area contributed by atoms with Gasteiger partial charge in [0.1, 0.15) is 18.1 Å². The highest BCUT2D eigenvalue weighted by atomic mass is 35.5. The van der Waals surface area contributed by atoms with Gasteiger partial charge in [0.15, 0.2) is 0 Å². The molecular weight excluding hydrogens is 194 g/mol. The molecule has 13 heavy (non-hydrogen) atoms. The molecule has 0 aliphatic rings. The van der Waals surface area contributed by atoms with Crippen LogP contribution in [0.3, 0.4) is 0 Å². The van der Waals surface area contributed by atoms with Gasteiger partial charge >= 0.3 is 0 Å². The summed E-state index contributed by atoms with van der Waals surface area (Å²) in [4.78, 5) is 0. The fourth-order valence-electron chi connectivity index (χ4n) is 0.719. The summed E-state index contributed by atoms with van der Waals surface area (Å²) in [7, 11) is 0. The molecule has 0 radical (unpaired) electrons. The maximum atomic E-state index is 8.90. The zero-order chi connectivity index (χ0) is 10.1. The van der Waals surface area contributed by atoms with Crippen molar-refractivity contribution in [1.82, 2.24) is 0 Å². The first kappa shape index (κ1) is 12.0. The van der Waals surface area contributed by atoms with E-state index in [0.717, 1.165) is 5.75 Å². The Labute approximate surface area is 81.7 Å². The second-order valence-electron chi connectivity index (χ2n) is 2.13. The molecule has 4 nitrogen and oxygen atoms in total. The van der Waals surface area contributed by atoms with Crippen LogP contribution in [-0.4, -0.2) is 22.9 Å². The fraction of sp³-hybridized carbons (Fsp3) is 0.250. The first-order chi connectivity index (χ1) is 6.33. The van der Waals surface area contributed by atoms with Gasteiger partial charge in [-0.2, -0.15) is 0 Å². The van der Waals surface area contributed by atoms with Gasteiger partial charge in [0.05, 0.1) is 11.9 Å². The topological polar surface area (TPSA) is 75.7 Å². The first-order valence-electron chi connectivity index (χ1n) is 3.62. The van der Waals surface area contributed by atoms with Gasteiger partial charge in [-0.15, -0.1) is 0 Å². The number of hydrogen-bond acceptors (Lipinski definition) is 4. The lowest BCUT2D eigenvalue weighted by Gasteiger charge is -2.02. The molecule has 0 fully saturated rings. The lowest BCUT2D eigenvalue weighted by atomic mass is 10.3. The van der Waals surface area contributed by atoms with Crippen LogP contribution >= 0.6 is 11.9 Å². The zero-order valence-electron chi connectivity index (χ0n) is 6.98. The largest absolute Gasteiger partial charge is 0.508 e. The number of phenols is 1. The SMILES string of the molecule is NCCOc1ccc(O)cc1.OCl. The maximum Gasteiger partial charge on any atom is 0.119 e. The van der Waals surface area contributed by atoms with Gasteiger partial charge in [-0.1, -0.05) is 0 Å². The van der Waals surface area contributed by atoms with Crippen LogP contribution in [0.1, 0.15) is 0 Å². The predicted molar refractivity (Wildman–Crippen MR) is 50.7 cm³/mol. The lowest BCUT2D eigenvalue weighted by molar-refractivity contribution is 0.327. The van der Waals surface area contributed by atoms with Crippen molar-refractivity contribution in [3.8, 4) is 11.5 Å². The Kier molecular flexibility index (Phi) is 7.10. The molecule has 0 atom stereocenters. The molecule has 1 aromatic carbocycles. The van der Waals surface area contributed by atoms with Crippen LogP contribution in [0, 0.1) is 0 Å². The van der Waals surface area contributed by atoms with E-state index in [1.165, 1.54) is 0 Å². The van der Waals surface area contributed by atoms with Gasteiger partial charge in [0.25, 0.3) is 0 Å². The van der Waals surface area contributed by atoms with E-state index in [1.54, 1.807) is 24.3 Å². The maximum absolute atomic E-state index is 8.90. The van der Waals surface area contributed by atoms with Crippen molar-refractivity contribution in [1.29, 1.82) is 0 Å². The molecule has 0 heterocycles. The van der Waals surface area contributed by atoms with Gasteiger partial charge in [-0.05, 0) is 24.3 Å². The van der Waals surface area contributed by atoms with Crippen LogP contribution in [0.25, 0.3) is 0 Å².